The first-order chi connectivity index (χ1) is 11.0. The first-order valence-electron chi connectivity index (χ1n) is 8.15. The van der Waals surface area contributed by atoms with Crippen LogP contribution >= 0.6 is 0 Å². The summed E-state index contributed by atoms with van der Waals surface area (Å²) in [6.45, 7) is 3.26. The number of nitrogens with one attached hydrogen (secondary N) is 1. The van der Waals surface area contributed by atoms with E-state index < -0.39 is 11.6 Å². The van der Waals surface area contributed by atoms with E-state index in [1.807, 2.05) is 0 Å². The number of hydrogen-bond donors (Lipinski definition) is 2. The Hall–Kier alpha value is -1.53. The van der Waals surface area contributed by atoms with Crippen LogP contribution in [0.3, 0.4) is 0 Å². The molecule has 0 spiro atoms. The van der Waals surface area contributed by atoms with Gasteiger partial charge in [-0.05, 0) is 56.0 Å². The Morgan fingerprint density at radius 2 is 2.04 bits per heavy atom. The van der Waals surface area contributed by atoms with Gasteiger partial charge in [-0.25, -0.2) is 8.78 Å². The van der Waals surface area contributed by atoms with Crippen molar-refractivity contribution in [1.82, 2.24) is 10.2 Å². The van der Waals surface area contributed by atoms with Crippen LogP contribution in [0.5, 0.6) is 0 Å². The molecule has 1 aliphatic rings. The van der Waals surface area contributed by atoms with E-state index in [9.17, 15) is 18.7 Å². The van der Waals surface area contributed by atoms with E-state index in [1.54, 1.807) is 0 Å². The van der Waals surface area contributed by atoms with Crippen LogP contribution in [0.4, 0.5) is 8.78 Å². The summed E-state index contributed by atoms with van der Waals surface area (Å²) in [5, 5.41) is 12.2. The highest BCUT2D eigenvalue weighted by molar-refractivity contribution is 5.76. The van der Waals surface area contributed by atoms with Gasteiger partial charge in [-0.15, -0.1) is 0 Å². The highest BCUT2D eigenvalue weighted by Crippen LogP contribution is 2.12. The number of likely N-dealkylation sites (tertiary alicyclic amines) is 1. The Bertz CT molecular complexity index is 517. The van der Waals surface area contributed by atoms with Crippen molar-refractivity contribution in [3.05, 3.63) is 35.4 Å². The number of nitrogens with zero attached hydrogens (tertiary/aromatic N) is 1. The second-order valence-corrected chi connectivity index (χ2v) is 6.01. The fourth-order valence-corrected chi connectivity index (χ4v) is 2.74. The number of carbonyl (C=O) groups excluding carboxylic acids is 1. The fourth-order valence-electron chi connectivity index (χ4n) is 2.74. The highest BCUT2D eigenvalue weighted by Gasteiger charge is 2.16. The normalized spacial score (nSPS) is 16.5. The zero-order valence-electron chi connectivity index (χ0n) is 13.2. The van der Waals surface area contributed by atoms with Crippen LogP contribution in [0.1, 0.15) is 31.2 Å². The van der Waals surface area contributed by atoms with Crippen molar-refractivity contribution < 1.29 is 18.7 Å². The maximum Gasteiger partial charge on any atom is 0.220 e. The second-order valence-electron chi connectivity index (χ2n) is 6.01. The molecule has 6 heteroatoms. The van der Waals surface area contributed by atoms with Crippen molar-refractivity contribution in [2.24, 2.45) is 0 Å². The molecule has 1 amide bonds. The van der Waals surface area contributed by atoms with Crippen LogP contribution < -0.4 is 5.32 Å². The number of hydrogen-bond acceptors (Lipinski definition) is 3. The molecule has 2 rings (SSSR count). The standard InChI is InChI=1S/C17H24F2N2O2/c18-14-3-4-16(19)13(12-14)2-5-17(23)20-8-1-9-21-10-6-15(22)7-11-21/h3-4,12,15,22H,1-2,5-11H2,(H,20,23). The lowest BCUT2D eigenvalue weighted by molar-refractivity contribution is -0.121. The number of rotatable bonds is 7. The van der Waals surface area contributed by atoms with Gasteiger partial charge in [0.15, 0.2) is 0 Å². The highest BCUT2D eigenvalue weighted by atomic mass is 19.1. The minimum absolute atomic E-state index is 0.149. The van der Waals surface area contributed by atoms with Crippen molar-refractivity contribution in [2.45, 2.75) is 38.2 Å². The Morgan fingerprint density at radius 1 is 1.30 bits per heavy atom. The first-order valence-corrected chi connectivity index (χ1v) is 8.15. The van der Waals surface area contributed by atoms with Crippen molar-refractivity contribution >= 4 is 5.91 Å². The number of aryl methyl sites for hydroxylation is 1. The van der Waals surface area contributed by atoms with Gasteiger partial charge >= 0.3 is 0 Å². The minimum Gasteiger partial charge on any atom is -0.393 e. The van der Waals surface area contributed by atoms with Crippen molar-refractivity contribution in [2.75, 3.05) is 26.2 Å². The third kappa shape index (κ3) is 6.23. The lowest BCUT2D eigenvalue weighted by atomic mass is 10.1. The first kappa shape index (κ1) is 17.8. The molecule has 23 heavy (non-hydrogen) atoms. The van der Waals surface area contributed by atoms with Gasteiger partial charge in [-0.2, -0.15) is 0 Å². The molecule has 1 heterocycles. The molecule has 4 nitrogen and oxygen atoms in total. The molecule has 128 valence electrons. The van der Waals surface area contributed by atoms with Gasteiger partial charge < -0.3 is 15.3 Å². The number of amides is 1. The summed E-state index contributed by atoms with van der Waals surface area (Å²) >= 11 is 0. The average Bonchev–Trinajstić information content (AvgIpc) is 2.54. The van der Waals surface area contributed by atoms with E-state index in [2.05, 4.69) is 10.2 Å². The van der Waals surface area contributed by atoms with Crippen LogP contribution in [-0.4, -0.2) is 48.2 Å². The number of carbonyl (C=O) groups is 1. The molecule has 1 aliphatic heterocycles. The van der Waals surface area contributed by atoms with E-state index in [0.29, 0.717) is 6.54 Å². The zero-order valence-corrected chi connectivity index (χ0v) is 13.2. The Labute approximate surface area is 135 Å². The molecule has 1 aromatic rings. The molecular formula is C17H24F2N2O2. The van der Waals surface area contributed by atoms with Gasteiger partial charge in [0.05, 0.1) is 6.10 Å². The van der Waals surface area contributed by atoms with Gasteiger partial charge in [0, 0.05) is 26.1 Å². The van der Waals surface area contributed by atoms with Crippen molar-refractivity contribution in [3.63, 3.8) is 0 Å². The Balaban J connectivity index is 1.59. The number of benzene rings is 1. The molecule has 1 saturated heterocycles. The van der Waals surface area contributed by atoms with Crippen LogP contribution in [0, 0.1) is 11.6 Å². The monoisotopic (exact) mass is 326 g/mol. The fraction of sp³-hybridized carbons (Fsp3) is 0.588. The Morgan fingerprint density at radius 3 is 2.78 bits per heavy atom. The zero-order chi connectivity index (χ0) is 16.7. The Kier molecular flexibility index (Phi) is 6.92. The van der Waals surface area contributed by atoms with Gasteiger partial charge in [0.2, 0.25) is 5.91 Å². The second kappa shape index (κ2) is 8.93. The smallest absolute Gasteiger partial charge is 0.220 e. The van der Waals surface area contributed by atoms with Crippen LogP contribution in [0.25, 0.3) is 0 Å². The van der Waals surface area contributed by atoms with E-state index >= 15 is 0 Å². The van der Waals surface area contributed by atoms with Crippen LogP contribution in [0.15, 0.2) is 18.2 Å². The summed E-state index contributed by atoms with van der Waals surface area (Å²) in [5.74, 6) is -1.12. The van der Waals surface area contributed by atoms with E-state index in [-0.39, 0.29) is 30.4 Å². The average molecular weight is 326 g/mol. The predicted octanol–water partition coefficient (Wildman–Crippen LogP) is 1.86. The SMILES string of the molecule is O=C(CCc1cc(F)ccc1F)NCCCN1CCC(O)CC1. The largest absolute Gasteiger partial charge is 0.393 e. The molecule has 0 saturated carbocycles. The van der Waals surface area contributed by atoms with Crippen molar-refractivity contribution in [3.8, 4) is 0 Å². The summed E-state index contributed by atoms with van der Waals surface area (Å²) < 4.78 is 26.5. The molecule has 0 unspecified atom stereocenters. The maximum atomic E-state index is 13.4. The number of piperidine rings is 1. The quantitative estimate of drug-likeness (QED) is 0.752. The predicted molar refractivity (Wildman–Crippen MR) is 84.0 cm³/mol. The molecule has 0 radical (unpaired) electrons. The van der Waals surface area contributed by atoms with Gasteiger partial charge in [-0.3, -0.25) is 4.79 Å². The van der Waals surface area contributed by atoms with Crippen LogP contribution in [0.2, 0.25) is 0 Å². The molecule has 0 aromatic heterocycles. The molecule has 0 atom stereocenters. The number of aliphatic hydroxyl groups is 1. The van der Waals surface area contributed by atoms with Gasteiger partial charge in [0.25, 0.3) is 0 Å². The summed E-state index contributed by atoms with van der Waals surface area (Å²) in [5.41, 5.74) is 0.229. The summed E-state index contributed by atoms with van der Waals surface area (Å²) in [6.07, 6.45) is 2.64. The van der Waals surface area contributed by atoms with E-state index in [0.717, 1.165) is 57.1 Å². The lowest BCUT2D eigenvalue weighted by Gasteiger charge is -2.29. The number of aliphatic hydroxyl groups excluding tert-OH is 1. The summed E-state index contributed by atoms with van der Waals surface area (Å²) in [4.78, 5) is 14.0. The number of halogens is 2. The van der Waals surface area contributed by atoms with Crippen LogP contribution in [-0.2, 0) is 11.2 Å². The summed E-state index contributed by atoms with van der Waals surface area (Å²) in [7, 11) is 0. The van der Waals surface area contributed by atoms with Gasteiger partial charge in [0.1, 0.15) is 11.6 Å². The molecule has 2 N–H and O–H groups in total. The van der Waals surface area contributed by atoms with E-state index in [1.165, 1.54) is 0 Å². The minimum atomic E-state index is -0.492. The molecular weight excluding hydrogens is 302 g/mol. The molecule has 0 bridgehead atoms. The summed E-state index contributed by atoms with van der Waals surface area (Å²) in [6, 6.07) is 3.28. The lowest BCUT2D eigenvalue weighted by Crippen LogP contribution is -2.37. The van der Waals surface area contributed by atoms with Gasteiger partial charge in [-0.1, -0.05) is 0 Å². The third-order valence-corrected chi connectivity index (χ3v) is 4.16. The van der Waals surface area contributed by atoms with E-state index in [4.69, 9.17) is 0 Å². The topological polar surface area (TPSA) is 52.6 Å². The van der Waals surface area contributed by atoms with Crippen molar-refractivity contribution in [1.29, 1.82) is 0 Å². The maximum absolute atomic E-state index is 13.4. The molecule has 1 fully saturated rings. The molecule has 1 aromatic carbocycles. The third-order valence-electron chi connectivity index (χ3n) is 4.16. The molecule has 0 aliphatic carbocycles.